The molecule has 1 aliphatic rings. The van der Waals surface area contributed by atoms with E-state index in [9.17, 15) is 4.79 Å². The lowest BCUT2D eigenvalue weighted by molar-refractivity contribution is -0.129. The summed E-state index contributed by atoms with van der Waals surface area (Å²) < 4.78 is 11.5. The van der Waals surface area contributed by atoms with Crippen molar-refractivity contribution in [2.24, 2.45) is 4.99 Å². The van der Waals surface area contributed by atoms with Crippen LogP contribution in [-0.2, 0) is 21.6 Å². The van der Waals surface area contributed by atoms with E-state index in [2.05, 4.69) is 44.8 Å². The van der Waals surface area contributed by atoms with Crippen LogP contribution >= 0.6 is 0 Å². The number of ether oxygens (including phenoxy) is 2. The molecule has 1 aliphatic heterocycles. The van der Waals surface area contributed by atoms with Gasteiger partial charge in [-0.1, -0.05) is 80.9 Å². The third kappa shape index (κ3) is 4.97. The van der Waals surface area contributed by atoms with Crippen LogP contribution in [0.25, 0.3) is 6.08 Å². The van der Waals surface area contributed by atoms with Gasteiger partial charge < -0.3 is 9.47 Å². The van der Waals surface area contributed by atoms with Crippen molar-refractivity contribution in [3.63, 3.8) is 0 Å². The number of carbonyl (C=O) groups excluding carboxylic acids is 1. The number of hydrogen-bond acceptors (Lipinski definition) is 4. The van der Waals surface area contributed by atoms with Gasteiger partial charge in [0.25, 0.3) is 0 Å². The molecule has 0 saturated carbocycles. The number of rotatable bonds is 5. The summed E-state index contributed by atoms with van der Waals surface area (Å²) in [6.45, 7) is 8.98. The Balaban J connectivity index is 1.56. The van der Waals surface area contributed by atoms with Gasteiger partial charge in [-0.05, 0) is 47.7 Å². The Kier molecular flexibility index (Phi) is 5.95. The van der Waals surface area contributed by atoms with Crippen LogP contribution < -0.4 is 4.74 Å². The second kappa shape index (κ2) is 8.83. The summed E-state index contributed by atoms with van der Waals surface area (Å²) in [6.07, 6.45) is 1.71. The highest BCUT2D eigenvalue weighted by atomic mass is 16.6. The van der Waals surface area contributed by atoms with Crippen LogP contribution in [0.15, 0.2) is 83.5 Å². The number of esters is 1. The highest BCUT2D eigenvalue weighted by Crippen LogP contribution is 2.27. The van der Waals surface area contributed by atoms with Crippen LogP contribution in [0.5, 0.6) is 5.75 Å². The van der Waals surface area contributed by atoms with Gasteiger partial charge >= 0.3 is 5.97 Å². The van der Waals surface area contributed by atoms with Crippen molar-refractivity contribution in [2.75, 3.05) is 0 Å². The summed E-state index contributed by atoms with van der Waals surface area (Å²) in [4.78, 5) is 16.9. The van der Waals surface area contributed by atoms with Gasteiger partial charge in [0.15, 0.2) is 5.70 Å². The minimum atomic E-state index is -0.464. The van der Waals surface area contributed by atoms with Crippen molar-refractivity contribution in [1.29, 1.82) is 0 Å². The molecule has 0 unspecified atom stereocenters. The molecule has 0 bridgehead atoms. The Hall–Kier alpha value is -3.66. The molecule has 0 fully saturated rings. The third-order valence-corrected chi connectivity index (χ3v) is 5.31. The van der Waals surface area contributed by atoms with E-state index in [1.165, 1.54) is 11.1 Å². The molecule has 0 amide bonds. The molecule has 3 aromatic rings. The zero-order chi connectivity index (χ0) is 22.7. The average Bonchev–Trinajstić information content (AvgIpc) is 3.13. The highest BCUT2D eigenvalue weighted by molar-refractivity contribution is 6.13. The highest BCUT2D eigenvalue weighted by Gasteiger charge is 2.25. The maximum absolute atomic E-state index is 12.5. The monoisotopic (exact) mass is 425 g/mol. The molecule has 32 heavy (non-hydrogen) atoms. The van der Waals surface area contributed by atoms with Crippen LogP contribution in [0, 0.1) is 6.92 Å². The summed E-state index contributed by atoms with van der Waals surface area (Å²) in [6, 6.07) is 23.8. The zero-order valence-electron chi connectivity index (χ0n) is 18.9. The van der Waals surface area contributed by atoms with E-state index in [-0.39, 0.29) is 11.1 Å². The summed E-state index contributed by atoms with van der Waals surface area (Å²) in [5.74, 6) is 0.542. The molecule has 4 rings (SSSR count). The van der Waals surface area contributed by atoms with Gasteiger partial charge in [-0.25, -0.2) is 9.79 Å². The molecule has 0 aliphatic carbocycles. The summed E-state index contributed by atoms with van der Waals surface area (Å²) >= 11 is 0. The molecule has 3 aromatic carbocycles. The Morgan fingerprint density at radius 3 is 2.44 bits per heavy atom. The zero-order valence-corrected chi connectivity index (χ0v) is 18.9. The molecule has 162 valence electrons. The fourth-order valence-electron chi connectivity index (χ4n) is 3.49. The topological polar surface area (TPSA) is 47.9 Å². The second-order valence-electron chi connectivity index (χ2n) is 8.98. The number of benzene rings is 3. The first-order chi connectivity index (χ1) is 15.3. The standard InChI is InChI=1S/C28H27NO3/c1-19-8-7-9-20(16-19)18-31-25-11-6-5-10-22(25)17-24-27(30)32-26(29-24)21-12-14-23(15-13-21)28(2,3)4/h5-17H,18H2,1-4H3/b24-17+. The molecule has 4 heteroatoms. The average molecular weight is 426 g/mol. The van der Waals surface area contributed by atoms with Crippen LogP contribution in [0.2, 0.25) is 0 Å². The van der Waals surface area contributed by atoms with Crippen molar-refractivity contribution < 1.29 is 14.3 Å². The number of aliphatic imine (C=N–C) groups is 1. The molecule has 0 radical (unpaired) electrons. The van der Waals surface area contributed by atoms with Gasteiger partial charge in [0.1, 0.15) is 12.4 Å². The second-order valence-corrected chi connectivity index (χ2v) is 8.98. The summed E-state index contributed by atoms with van der Waals surface area (Å²) in [7, 11) is 0. The van der Waals surface area contributed by atoms with E-state index in [1.807, 2.05) is 60.7 Å². The lowest BCUT2D eigenvalue weighted by Gasteiger charge is -2.18. The van der Waals surface area contributed by atoms with E-state index in [1.54, 1.807) is 6.08 Å². The largest absolute Gasteiger partial charge is 0.488 e. The molecular weight excluding hydrogens is 398 g/mol. The van der Waals surface area contributed by atoms with Crippen molar-refractivity contribution in [3.8, 4) is 5.75 Å². The first-order valence-corrected chi connectivity index (χ1v) is 10.7. The third-order valence-electron chi connectivity index (χ3n) is 5.31. The SMILES string of the molecule is Cc1cccc(COc2ccccc2/C=C2/N=C(c3ccc(C(C)(C)C)cc3)OC2=O)c1. The van der Waals surface area contributed by atoms with Crippen LogP contribution in [-0.4, -0.2) is 11.9 Å². The molecule has 0 saturated heterocycles. The minimum absolute atomic E-state index is 0.0555. The lowest BCUT2D eigenvalue weighted by Crippen LogP contribution is -2.11. The smallest absolute Gasteiger partial charge is 0.363 e. The van der Waals surface area contributed by atoms with E-state index in [0.29, 0.717) is 18.3 Å². The normalized spacial score (nSPS) is 14.9. The number of aryl methyl sites for hydroxylation is 1. The maximum atomic E-state index is 12.5. The molecule has 0 aromatic heterocycles. The van der Waals surface area contributed by atoms with Gasteiger partial charge in [0.05, 0.1) is 0 Å². The number of hydrogen-bond donors (Lipinski definition) is 0. The first-order valence-electron chi connectivity index (χ1n) is 10.7. The Bertz CT molecular complexity index is 1200. The van der Waals surface area contributed by atoms with Gasteiger partial charge in [0.2, 0.25) is 5.90 Å². The Morgan fingerprint density at radius 1 is 0.969 bits per heavy atom. The fourth-order valence-corrected chi connectivity index (χ4v) is 3.49. The molecule has 0 N–H and O–H groups in total. The molecule has 0 atom stereocenters. The molecule has 4 nitrogen and oxygen atoms in total. The van der Waals surface area contributed by atoms with Crippen molar-refractivity contribution in [2.45, 2.75) is 39.7 Å². The molecule has 1 heterocycles. The Labute approximate surface area is 189 Å². The van der Waals surface area contributed by atoms with Crippen LogP contribution in [0.3, 0.4) is 0 Å². The molecule has 0 spiro atoms. The van der Waals surface area contributed by atoms with Gasteiger partial charge in [-0.2, -0.15) is 0 Å². The predicted octanol–water partition coefficient (Wildman–Crippen LogP) is 6.22. The lowest BCUT2D eigenvalue weighted by atomic mass is 9.87. The fraction of sp³-hybridized carbons (Fsp3) is 0.214. The van der Waals surface area contributed by atoms with Crippen LogP contribution in [0.1, 0.15) is 48.6 Å². The number of carbonyl (C=O) groups is 1. The Morgan fingerprint density at radius 2 is 1.72 bits per heavy atom. The van der Waals surface area contributed by atoms with Crippen molar-refractivity contribution >= 4 is 17.9 Å². The molecular formula is C28H27NO3. The van der Waals surface area contributed by atoms with E-state index in [4.69, 9.17) is 9.47 Å². The van der Waals surface area contributed by atoms with Gasteiger partial charge in [0, 0.05) is 11.1 Å². The van der Waals surface area contributed by atoms with Crippen molar-refractivity contribution in [3.05, 3.63) is 106 Å². The van der Waals surface area contributed by atoms with Gasteiger partial charge in [-0.15, -0.1) is 0 Å². The van der Waals surface area contributed by atoms with E-state index < -0.39 is 5.97 Å². The number of para-hydroxylation sites is 1. The van der Waals surface area contributed by atoms with E-state index in [0.717, 1.165) is 16.7 Å². The van der Waals surface area contributed by atoms with Gasteiger partial charge in [-0.3, -0.25) is 0 Å². The number of cyclic esters (lactones) is 1. The first kappa shape index (κ1) is 21.6. The van der Waals surface area contributed by atoms with Crippen LogP contribution in [0.4, 0.5) is 0 Å². The number of nitrogens with zero attached hydrogens (tertiary/aromatic N) is 1. The van der Waals surface area contributed by atoms with Crippen molar-refractivity contribution in [1.82, 2.24) is 0 Å². The minimum Gasteiger partial charge on any atom is -0.488 e. The van der Waals surface area contributed by atoms with E-state index >= 15 is 0 Å². The maximum Gasteiger partial charge on any atom is 0.363 e. The quantitative estimate of drug-likeness (QED) is 0.360. The predicted molar refractivity (Wildman–Crippen MR) is 128 cm³/mol. The summed E-state index contributed by atoms with van der Waals surface area (Å²) in [5.41, 5.74) is 5.35. The summed E-state index contributed by atoms with van der Waals surface area (Å²) in [5, 5.41) is 0.